The summed E-state index contributed by atoms with van der Waals surface area (Å²) >= 11 is 13.9. The maximum atomic E-state index is 12.5. The molecule has 0 spiro atoms. The normalized spacial score (nSPS) is 13.0. The van der Waals surface area contributed by atoms with Crippen LogP contribution < -0.4 is 14.8 Å². The van der Waals surface area contributed by atoms with Crippen molar-refractivity contribution in [3.05, 3.63) is 68.1 Å². The third-order valence-electron chi connectivity index (χ3n) is 4.30. The van der Waals surface area contributed by atoms with Gasteiger partial charge in [-0.15, -0.1) is 11.3 Å². The van der Waals surface area contributed by atoms with Crippen molar-refractivity contribution in [3.63, 3.8) is 0 Å². The Morgan fingerprint density at radius 3 is 2.72 bits per heavy atom. The van der Waals surface area contributed by atoms with Crippen LogP contribution in [0.2, 0.25) is 10.0 Å². The van der Waals surface area contributed by atoms with E-state index in [1.165, 1.54) is 11.3 Å². The summed E-state index contributed by atoms with van der Waals surface area (Å²) in [6, 6.07) is 11.1. The highest BCUT2D eigenvalue weighted by Gasteiger charge is 2.16. The third kappa shape index (κ3) is 5.21. The average Bonchev–Trinajstić information content (AvgIpc) is 2.98. The number of anilines is 1. The Hall–Kier alpha value is -2.28. The average molecular weight is 449 g/mol. The molecule has 5 nitrogen and oxygen atoms in total. The monoisotopic (exact) mass is 448 g/mol. The lowest BCUT2D eigenvalue weighted by Gasteiger charge is -2.12. The standard InChI is InChI=1S/C21H18Cl2N2O3S/c22-14-4-1-3-13(7-14)8-21-24-15(12-29-21)9-20(26)25-17-11-19-18(10-16(17)23)27-5-2-6-28-19/h1,3-4,7,10-12H,2,5-6,8-9H2,(H,25,26). The Morgan fingerprint density at radius 1 is 1.14 bits per heavy atom. The van der Waals surface area contributed by atoms with Crippen molar-refractivity contribution in [2.45, 2.75) is 19.3 Å². The first-order chi connectivity index (χ1) is 14.1. The van der Waals surface area contributed by atoms with Crippen LogP contribution in [0.1, 0.15) is 22.7 Å². The molecule has 1 N–H and O–H groups in total. The van der Waals surface area contributed by atoms with E-state index in [2.05, 4.69) is 10.3 Å². The molecule has 0 atom stereocenters. The van der Waals surface area contributed by atoms with Crippen LogP contribution in [0.3, 0.4) is 0 Å². The number of nitrogens with zero attached hydrogens (tertiary/aromatic N) is 1. The number of nitrogens with one attached hydrogen (secondary N) is 1. The summed E-state index contributed by atoms with van der Waals surface area (Å²) in [7, 11) is 0. The molecular weight excluding hydrogens is 431 g/mol. The molecule has 1 aliphatic heterocycles. The highest BCUT2D eigenvalue weighted by atomic mass is 35.5. The number of thiazole rings is 1. The van der Waals surface area contributed by atoms with Gasteiger partial charge in [0.25, 0.3) is 0 Å². The Morgan fingerprint density at radius 2 is 1.93 bits per heavy atom. The van der Waals surface area contributed by atoms with Crippen LogP contribution in [0.15, 0.2) is 41.8 Å². The molecule has 0 fully saturated rings. The van der Waals surface area contributed by atoms with E-state index < -0.39 is 0 Å². The minimum atomic E-state index is -0.194. The van der Waals surface area contributed by atoms with Crippen molar-refractivity contribution in [3.8, 4) is 11.5 Å². The molecule has 0 unspecified atom stereocenters. The van der Waals surface area contributed by atoms with Gasteiger partial charge in [0.05, 0.1) is 41.0 Å². The summed E-state index contributed by atoms with van der Waals surface area (Å²) < 4.78 is 11.3. The van der Waals surface area contributed by atoms with Gasteiger partial charge in [0.2, 0.25) is 5.91 Å². The molecule has 0 aliphatic carbocycles. The van der Waals surface area contributed by atoms with E-state index >= 15 is 0 Å². The van der Waals surface area contributed by atoms with Crippen molar-refractivity contribution in [1.29, 1.82) is 0 Å². The number of amides is 1. The number of hydrogen-bond donors (Lipinski definition) is 1. The second-order valence-electron chi connectivity index (χ2n) is 6.59. The predicted octanol–water partition coefficient (Wildman–Crippen LogP) is 5.38. The summed E-state index contributed by atoms with van der Waals surface area (Å²) in [5.74, 6) is 0.983. The fraction of sp³-hybridized carbons (Fsp3) is 0.238. The molecule has 8 heteroatoms. The highest BCUT2D eigenvalue weighted by Crippen LogP contribution is 2.37. The number of benzene rings is 2. The molecule has 2 aromatic carbocycles. The number of halogens is 2. The SMILES string of the molecule is O=C(Cc1csc(Cc2cccc(Cl)c2)n1)Nc1cc2c(cc1Cl)OCCCO2. The quantitative estimate of drug-likeness (QED) is 0.568. The van der Waals surface area contributed by atoms with Gasteiger partial charge in [0.1, 0.15) is 0 Å². The molecule has 1 amide bonds. The van der Waals surface area contributed by atoms with E-state index in [-0.39, 0.29) is 12.3 Å². The van der Waals surface area contributed by atoms with E-state index in [0.29, 0.717) is 46.9 Å². The lowest BCUT2D eigenvalue weighted by atomic mass is 10.2. The molecule has 1 aliphatic rings. The van der Waals surface area contributed by atoms with Crippen LogP contribution in [0.4, 0.5) is 5.69 Å². The summed E-state index contributed by atoms with van der Waals surface area (Å²) in [6.07, 6.45) is 1.65. The van der Waals surface area contributed by atoms with Gasteiger partial charge in [0, 0.05) is 35.4 Å². The van der Waals surface area contributed by atoms with E-state index in [4.69, 9.17) is 32.7 Å². The van der Waals surface area contributed by atoms with Gasteiger partial charge in [-0.25, -0.2) is 4.98 Å². The van der Waals surface area contributed by atoms with E-state index in [1.807, 2.05) is 29.6 Å². The van der Waals surface area contributed by atoms with Crippen LogP contribution in [-0.4, -0.2) is 24.1 Å². The van der Waals surface area contributed by atoms with E-state index in [0.717, 1.165) is 22.7 Å². The molecular formula is C21H18Cl2N2O3S. The van der Waals surface area contributed by atoms with Crippen molar-refractivity contribution in [1.82, 2.24) is 4.98 Å². The first-order valence-corrected chi connectivity index (χ1v) is 10.8. The van der Waals surface area contributed by atoms with Gasteiger partial charge in [-0.3, -0.25) is 4.79 Å². The first kappa shape index (κ1) is 20.0. The number of ether oxygens (including phenoxy) is 2. The van der Waals surface area contributed by atoms with Gasteiger partial charge >= 0.3 is 0 Å². The lowest BCUT2D eigenvalue weighted by Crippen LogP contribution is -2.15. The van der Waals surface area contributed by atoms with E-state index in [1.54, 1.807) is 12.1 Å². The number of hydrogen-bond acceptors (Lipinski definition) is 5. The third-order valence-corrected chi connectivity index (χ3v) is 5.74. The number of rotatable bonds is 5. The number of carbonyl (C=O) groups is 1. The Balaban J connectivity index is 1.40. The van der Waals surface area contributed by atoms with Crippen molar-refractivity contribution >= 4 is 46.1 Å². The molecule has 150 valence electrons. The smallest absolute Gasteiger partial charge is 0.230 e. The van der Waals surface area contributed by atoms with Crippen molar-refractivity contribution < 1.29 is 14.3 Å². The lowest BCUT2D eigenvalue weighted by molar-refractivity contribution is -0.115. The molecule has 4 rings (SSSR count). The van der Waals surface area contributed by atoms with Crippen LogP contribution in [0.25, 0.3) is 0 Å². The highest BCUT2D eigenvalue weighted by molar-refractivity contribution is 7.09. The molecule has 29 heavy (non-hydrogen) atoms. The Bertz CT molecular complexity index is 1040. The summed E-state index contributed by atoms with van der Waals surface area (Å²) in [5, 5.41) is 6.77. The second kappa shape index (κ2) is 9.03. The summed E-state index contributed by atoms with van der Waals surface area (Å²) in [6.45, 7) is 1.15. The molecule has 0 saturated carbocycles. The number of carbonyl (C=O) groups excluding carboxylic acids is 1. The Labute approximate surface area is 182 Å². The fourth-order valence-electron chi connectivity index (χ4n) is 2.97. The van der Waals surface area contributed by atoms with Gasteiger partial charge < -0.3 is 14.8 Å². The summed E-state index contributed by atoms with van der Waals surface area (Å²) in [5.41, 5.74) is 2.30. The van der Waals surface area contributed by atoms with Gasteiger partial charge in [-0.2, -0.15) is 0 Å². The zero-order chi connectivity index (χ0) is 20.2. The number of aromatic nitrogens is 1. The first-order valence-electron chi connectivity index (χ1n) is 9.13. The largest absolute Gasteiger partial charge is 0.490 e. The van der Waals surface area contributed by atoms with Crippen molar-refractivity contribution in [2.24, 2.45) is 0 Å². The van der Waals surface area contributed by atoms with Crippen LogP contribution >= 0.6 is 34.5 Å². The Kier molecular flexibility index (Phi) is 6.23. The van der Waals surface area contributed by atoms with Crippen LogP contribution in [-0.2, 0) is 17.6 Å². The zero-order valence-electron chi connectivity index (χ0n) is 15.4. The maximum absolute atomic E-state index is 12.5. The van der Waals surface area contributed by atoms with Crippen LogP contribution in [0, 0.1) is 0 Å². The minimum absolute atomic E-state index is 0.164. The van der Waals surface area contributed by atoms with Crippen molar-refractivity contribution in [2.75, 3.05) is 18.5 Å². The molecule has 0 saturated heterocycles. The molecule has 0 radical (unpaired) electrons. The minimum Gasteiger partial charge on any atom is -0.490 e. The van der Waals surface area contributed by atoms with Gasteiger partial charge in [0.15, 0.2) is 11.5 Å². The fourth-order valence-corrected chi connectivity index (χ4v) is 4.21. The molecule has 1 aromatic heterocycles. The van der Waals surface area contributed by atoms with Gasteiger partial charge in [-0.05, 0) is 17.7 Å². The number of fused-ring (bicyclic) bond motifs is 1. The van der Waals surface area contributed by atoms with Crippen LogP contribution in [0.5, 0.6) is 11.5 Å². The molecule has 0 bridgehead atoms. The zero-order valence-corrected chi connectivity index (χ0v) is 17.7. The van der Waals surface area contributed by atoms with Gasteiger partial charge in [-0.1, -0.05) is 35.3 Å². The van der Waals surface area contributed by atoms with E-state index in [9.17, 15) is 4.79 Å². The topological polar surface area (TPSA) is 60.5 Å². The molecule has 3 aromatic rings. The second-order valence-corrected chi connectivity index (χ2v) is 8.38. The maximum Gasteiger partial charge on any atom is 0.230 e. The predicted molar refractivity (Wildman–Crippen MR) is 116 cm³/mol. The summed E-state index contributed by atoms with van der Waals surface area (Å²) in [4.78, 5) is 17.0. The molecule has 2 heterocycles.